The molecule has 4 aromatic heterocycles. The van der Waals surface area contributed by atoms with Crippen molar-refractivity contribution in [1.82, 2.24) is 35.5 Å². The molecular formula is C43H47N7O6S. The van der Waals surface area contributed by atoms with Crippen LogP contribution in [0.2, 0.25) is 0 Å². The molecule has 13 nitrogen and oxygen atoms in total. The molecule has 4 N–H and O–H groups in total. The van der Waals surface area contributed by atoms with Crippen LogP contribution in [-0.4, -0.2) is 92.2 Å². The fraction of sp³-hybridized carbons (Fsp3) is 0.349. The Morgan fingerprint density at radius 2 is 1.72 bits per heavy atom. The number of aryl methyl sites for hydroxylation is 1. The number of hydrogen-bond acceptors (Lipinski definition) is 10. The third-order valence-corrected chi connectivity index (χ3v) is 11.2. The van der Waals surface area contributed by atoms with Gasteiger partial charge in [-0.25, -0.2) is 9.97 Å². The van der Waals surface area contributed by atoms with Gasteiger partial charge >= 0.3 is 0 Å². The maximum absolute atomic E-state index is 14.0. The predicted octanol–water partition coefficient (Wildman–Crippen LogP) is 5.98. The van der Waals surface area contributed by atoms with Gasteiger partial charge in [0.15, 0.2) is 0 Å². The Kier molecular flexibility index (Phi) is 11.7. The number of rotatable bonds is 13. The number of thiazole rings is 1. The quantitative estimate of drug-likeness (QED) is 0.103. The predicted molar refractivity (Wildman–Crippen MR) is 219 cm³/mol. The fourth-order valence-corrected chi connectivity index (χ4v) is 7.96. The number of aromatic nitrogens is 4. The van der Waals surface area contributed by atoms with Gasteiger partial charge in [-0.1, -0.05) is 57.2 Å². The highest BCUT2D eigenvalue weighted by Crippen LogP contribution is 2.31. The van der Waals surface area contributed by atoms with E-state index in [4.69, 9.17) is 9.47 Å². The zero-order valence-electron chi connectivity index (χ0n) is 32.6. The molecule has 0 spiro atoms. The van der Waals surface area contributed by atoms with Crippen LogP contribution in [0.15, 0.2) is 84.8 Å². The highest BCUT2D eigenvalue weighted by atomic mass is 32.1. The Labute approximate surface area is 334 Å². The Balaban J connectivity index is 0.886. The Morgan fingerprint density at radius 1 is 0.947 bits per heavy atom. The van der Waals surface area contributed by atoms with Gasteiger partial charge in [0.05, 0.1) is 34.8 Å². The number of likely N-dealkylation sites (tertiary alicyclic amines) is 1. The number of benzene rings is 2. The van der Waals surface area contributed by atoms with Crippen molar-refractivity contribution in [3.63, 3.8) is 0 Å². The molecule has 1 saturated heterocycles. The molecule has 1 aliphatic heterocycles. The Bertz CT molecular complexity index is 2370. The SMILES string of the molecule is Cc1ncsc1-c1ccc([C@H](C)NC(=O)[C@@H]2C[C@@H](O)CN2C(=O)C(NC(=O)COCCOc2ccc(-c3ccc4c(c3)[nH]c3ccncc34)cn2)C(C)(C)C)cc1. The van der Waals surface area contributed by atoms with Crippen LogP contribution in [0.5, 0.6) is 5.88 Å². The molecule has 0 saturated carbocycles. The number of β-amino-alcohol motifs (C(OH)–C–C–N with tert-alkyl or cyclic N) is 1. The zero-order valence-corrected chi connectivity index (χ0v) is 33.4. The third-order valence-electron chi connectivity index (χ3n) is 10.2. The molecular weight excluding hydrogens is 743 g/mol. The first kappa shape index (κ1) is 39.5. The van der Waals surface area contributed by atoms with E-state index in [1.807, 2.05) is 82.7 Å². The molecule has 296 valence electrons. The first-order valence-electron chi connectivity index (χ1n) is 19.0. The number of aromatic amines is 1. The summed E-state index contributed by atoms with van der Waals surface area (Å²) in [4.78, 5) is 59.6. The van der Waals surface area contributed by atoms with Gasteiger partial charge < -0.3 is 35.1 Å². The molecule has 1 unspecified atom stereocenters. The lowest BCUT2D eigenvalue weighted by Gasteiger charge is -2.35. The van der Waals surface area contributed by atoms with E-state index >= 15 is 0 Å². The maximum atomic E-state index is 14.0. The number of carbonyl (C=O) groups is 3. The van der Waals surface area contributed by atoms with Crippen LogP contribution < -0.4 is 15.4 Å². The van der Waals surface area contributed by atoms with E-state index in [1.54, 1.807) is 29.8 Å². The summed E-state index contributed by atoms with van der Waals surface area (Å²) < 4.78 is 11.3. The number of carbonyl (C=O) groups excluding carboxylic acids is 3. The minimum Gasteiger partial charge on any atom is -0.475 e. The van der Waals surface area contributed by atoms with E-state index in [0.29, 0.717) is 5.88 Å². The molecule has 2 aromatic carbocycles. The molecule has 6 aromatic rings. The number of aliphatic hydroxyl groups is 1. The van der Waals surface area contributed by atoms with Gasteiger partial charge in [-0.3, -0.25) is 19.4 Å². The molecule has 14 heteroatoms. The molecule has 5 heterocycles. The van der Waals surface area contributed by atoms with Crippen LogP contribution in [0.3, 0.4) is 0 Å². The number of amides is 3. The van der Waals surface area contributed by atoms with Crippen LogP contribution in [0, 0.1) is 12.3 Å². The van der Waals surface area contributed by atoms with Crippen molar-refractivity contribution in [2.45, 2.75) is 65.3 Å². The zero-order chi connectivity index (χ0) is 40.3. The summed E-state index contributed by atoms with van der Waals surface area (Å²) in [5.74, 6) is -0.879. The van der Waals surface area contributed by atoms with E-state index in [1.165, 1.54) is 4.90 Å². The molecule has 7 rings (SSSR count). The Morgan fingerprint density at radius 3 is 2.44 bits per heavy atom. The van der Waals surface area contributed by atoms with Crippen LogP contribution in [0.1, 0.15) is 51.4 Å². The van der Waals surface area contributed by atoms with Crippen LogP contribution in [0.25, 0.3) is 43.4 Å². The van der Waals surface area contributed by atoms with Gasteiger partial charge in [0.25, 0.3) is 0 Å². The third kappa shape index (κ3) is 8.98. The molecule has 0 radical (unpaired) electrons. The first-order valence-corrected chi connectivity index (χ1v) is 19.8. The van der Waals surface area contributed by atoms with Gasteiger partial charge in [0, 0.05) is 65.0 Å². The Hall–Kier alpha value is -5.70. The van der Waals surface area contributed by atoms with Gasteiger partial charge in [0.1, 0.15) is 25.3 Å². The van der Waals surface area contributed by atoms with Crippen LogP contribution in [-0.2, 0) is 19.1 Å². The van der Waals surface area contributed by atoms with Crippen molar-refractivity contribution >= 4 is 50.9 Å². The van der Waals surface area contributed by atoms with Gasteiger partial charge in [-0.2, -0.15) is 0 Å². The summed E-state index contributed by atoms with van der Waals surface area (Å²) in [7, 11) is 0. The number of ether oxygens (including phenoxy) is 2. The first-order chi connectivity index (χ1) is 27.4. The number of hydrogen-bond donors (Lipinski definition) is 4. The molecule has 3 amide bonds. The van der Waals surface area contributed by atoms with Gasteiger partial charge in [-0.15, -0.1) is 11.3 Å². The van der Waals surface area contributed by atoms with E-state index in [9.17, 15) is 19.5 Å². The monoisotopic (exact) mass is 789 g/mol. The number of nitrogens with one attached hydrogen (secondary N) is 3. The summed E-state index contributed by atoms with van der Waals surface area (Å²) in [6.07, 6.45) is 4.59. The standard InChI is InChI=1S/C43H47N7O6S/c1-25(27-6-8-28(9-7-27)39-26(2)46-24-57-39)47-41(53)36-19-31(51)22-50(36)42(54)40(43(3,4)5)49-37(52)23-55-16-17-56-38-13-11-30(20-45-38)29-10-12-32-33-21-44-15-14-34(33)48-35(32)18-29/h6-15,18,20-21,24-25,31,36,40,48,51H,16-17,19,22-23H2,1-5H3,(H,47,53)(H,49,52)/t25-,31+,36-,40?/m0/s1. The second-order valence-corrected chi connectivity index (χ2v) is 16.3. The lowest BCUT2D eigenvalue weighted by molar-refractivity contribution is -0.144. The van der Waals surface area contributed by atoms with Crippen molar-refractivity contribution in [2.75, 3.05) is 26.4 Å². The van der Waals surface area contributed by atoms with Crippen LogP contribution >= 0.6 is 11.3 Å². The average Bonchev–Trinajstić information content (AvgIpc) is 3.92. The lowest BCUT2D eigenvalue weighted by Crippen LogP contribution is -2.58. The average molecular weight is 790 g/mol. The van der Waals surface area contributed by atoms with Crippen molar-refractivity contribution in [2.24, 2.45) is 5.41 Å². The molecule has 57 heavy (non-hydrogen) atoms. The number of H-pyrrole nitrogens is 1. The number of aliphatic hydroxyl groups excluding tert-OH is 1. The van der Waals surface area contributed by atoms with Gasteiger partial charge in [0.2, 0.25) is 23.6 Å². The minimum absolute atomic E-state index is 0.0171. The topological polar surface area (TPSA) is 172 Å². The second-order valence-electron chi connectivity index (χ2n) is 15.5. The maximum Gasteiger partial charge on any atom is 0.246 e. The van der Waals surface area contributed by atoms with Crippen molar-refractivity contribution in [3.05, 3.63) is 96.0 Å². The van der Waals surface area contributed by atoms with Crippen molar-refractivity contribution in [3.8, 4) is 27.4 Å². The molecule has 0 bridgehead atoms. The summed E-state index contributed by atoms with van der Waals surface area (Å²) >= 11 is 1.58. The van der Waals surface area contributed by atoms with E-state index in [2.05, 4.69) is 48.8 Å². The summed E-state index contributed by atoms with van der Waals surface area (Å²) in [6, 6.07) is 17.6. The van der Waals surface area contributed by atoms with Crippen molar-refractivity contribution in [1.29, 1.82) is 0 Å². The smallest absolute Gasteiger partial charge is 0.246 e. The van der Waals surface area contributed by atoms with Crippen LogP contribution in [0.4, 0.5) is 0 Å². The lowest BCUT2D eigenvalue weighted by atomic mass is 9.85. The largest absolute Gasteiger partial charge is 0.475 e. The molecule has 4 atom stereocenters. The van der Waals surface area contributed by atoms with E-state index in [-0.39, 0.29) is 44.7 Å². The summed E-state index contributed by atoms with van der Waals surface area (Å²) in [6.45, 7) is 9.31. The fourth-order valence-electron chi connectivity index (χ4n) is 7.15. The number of fused-ring (bicyclic) bond motifs is 3. The number of nitrogens with zero attached hydrogens (tertiary/aromatic N) is 4. The summed E-state index contributed by atoms with van der Waals surface area (Å²) in [5, 5.41) is 18.6. The highest BCUT2D eigenvalue weighted by molar-refractivity contribution is 7.13. The normalized spacial score (nSPS) is 16.8. The van der Waals surface area contributed by atoms with Gasteiger partial charge in [-0.05, 0) is 54.2 Å². The molecule has 1 aliphatic rings. The van der Waals surface area contributed by atoms with E-state index in [0.717, 1.165) is 54.6 Å². The summed E-state index contributed by atoms with van der Waals surface area (Å²) in [5.41, 5.74) is 8.03. The number of pyridine rings is 2. The van der Waals surface area contributed by atoms with E-state index < -0.39 is 35.4 Å². The molecule has 0 aliphatic carbocycles. The molecule has 1 fully saturated rings. The minimum atomic E-state index is -0.970. The van der Waals surface area contributed by atoms with Crippen molar-refractivity contribution < 1.29 is 29.0 Å². The highest BCUT2D eigenvalue weighted by Gasteiger charge is 2.44. The second kappa shape index (κ2) is 16.8.